The molecular weight excluding hydrogens is 355 g/mol. The maximum absolute atomic E-state index is 12.7. The van der Waals surface area contributed by atoms with Crippen molar-refractivity contribution in [2.45, 2.75) is 6.92 Å². The summed E-state index contributed by atoms with van der Waals surface area (Å²) in [6, 6.07) is 9.72. The lowest BCUT2D eigenvalue weighted by atomic mass is 10.3. The van der Waals surface area contributed by atoms with Gasteiger partial charge in [-0.2, -0.15) is 0 Å². The van der Waals surface area contributed by atoms with E-state index < -0.39 is 17.7 Å². The fraction of sp³-hybridized carbons (Fsp3) is 0.143. The van der Waals surface area contributed by atoms with Crippen LogP contribution in [0.25, 0.3) is 0 Å². The summed E-state index contributed by atoms with van der Waals surface area (Å²) in [5.41, 5.74) is -0.315. The van der Waals surface area contributed by atoms with E-state index in [-0.39, 0.29) is 29.5 Å². The molecule has 2 aromatic carbocycles. The molecule has 0 unspecified atom stereocenters. The summed E-state index contributed by atoms with van der Waals surface area (Å²) in [4.78, 5) is 20.1. The van der Waals surface area contributed by atoms with Crippen molar-refractivity contribution < 1.29 is 28.0 Å². The predicted molar refractivity (Wildman–Crippen MR) is 86.7 cm³/mol. The molecule has 2 rings (SSSR count). The second-order valence-electron chi connectivity index (χ2n) is 4.55. The van der Waals surface area contributed by atoms with E-state index in [1.807, 2.05) is 0 Å². The van der Waals surface area contributed by atoms with Gasteiger partial charge in [0.25, 0.3) is 11.4 Å². The number of non-ortho nitro benzene ring substituents is 2. The monoisotopic (exact) mass is 368 g/mol. The summed E-state index contributed by atoms with van der Waals surface area (Å²) in [6.07, 6.45) is 0. The molecule has 2 aromatic rings. The summed E-state index contributed by atoms with van der Waals surface area (Å²) in [5.74, 6) is 0.0913. The lowest BCUT2D eigenvalue weighted by molar-refractivity contribution is -0.385. The van der Waals surface area contributed by atoms with Crippen LogP contribution >= 0.6 is 7.82 Å². The number of hydrogen-bond donors (Lipinski definition) is 0. The molecule has 10 nitrogen and oxygen atoms in total. The number of nitro benzene ring substituents is 2. The SMILES string of the molecule is CCOP(=O)(Oc1ccc([N+](=O)[O-])cc1)Oc1ccc([N+](=O)[O-])cc1. The van der Waals surface area contributed by atoms with E-state index in [9.17, 15) is 24.8 Å². The number of nitro groups is 2. The molecule has 0 atom stereocenters. The Morgan fingerprint density at radius 3 is 1.48 bits per heavy atom. The van der Waals surface area contributed by atoms with Crippen molar-refractivity contribution >= 4 is 19.2 Å². The third-order valence-electron chi connectivity index (χ3n) is 2.82. The molecule has 0 aliphatic carbocycles. The first-order chi connectivity index (χ1) is 11.8. The topological polar surface area (TPSA) is 131 Å². The Hall–Kier alpha value is -2.97. The normalized spacial score (nSPS) is 10.9. The van der Waals surface area contributed by atoms with Crippen molar-refractivity contribution in [1.29, 1.82) is 0 Å². The van der Waals surface area contributed by atoms with Crippen LogP contribution in [0.4, 0.5) is 11.4 Å². The fourth-order valence-electron chi connectivity index (χ4n) is 1.75. The van der Waals surface area contributed by atoms with Crippen molar-refractivity contribution in [3.05, 3.63) is 68.8 Å². The van der Waals surface area contributed by atoms with Gasteiger partial charge in [-0.25, -0.2) is 4.57 Å². The first kappa shape index (κ1) is 18.4. The van der Waals surface area contributed by atoms with Gasteiger partial charge in [-0.15, -0.1) is 0 Å². The van der Waals surface area contributed by atoms with Gasteiger partial charge >= 0.3 is 7.82 Å². The van der Waals surface area contributed by atoms with Crippen LogP contribution in [-0.2, 0) is 9.09 Å². The third kappa shape index (κ3) is 5.00. The van der Waals surface area contributed by atoms with Crippen molar-refractivity contribution in [1.82, 2.24) is 0 Å². The molecule has 25 heavy (non-hydrogen) atoms. The summed E-state index contributed by atoms with van der Waals surface area (Å²) in [6.45, 7) is 1.59. The molecule has 0 radical (unpaired) electrons. The maximum Gasteiger partial charge on any atom is 0.587 e. The highest BCUT2D eigenvalue weighted by molar-refractivity contribution is 7.49. The summed E-state index contributed by atoms with van der Waals surface area (Å²) in [7, 11) is -4.08. The highest BCUT2D eigenvalue weighted by atomic mass is 31.2. The van der Waals surface area contributed by atoms with E-state index >= 15 is 0 Å². The minimum absolute atomic E-state index is 0.0112. The minimum atomic E-state index is -4.08. The predicted octanol–water partition coefficient (Wildman–Crippen LogP) is 4.11. The summed E-state index contributed by atoms with van der Waals surface area (Å²) in [5, 5.41) is 21.3. The number of benzene rings is 2. The standard InChI is InChI=1S/C14H13N2O8P/c1-2-22-25(21,23-13-7-3-11(4-8-13)15(17)18)24-14-9-5-12(6-10-14)16(19)20/h3-10H,2H2,1H3. The number of phosphoric ester groups is 1. The van der Waals surface area contributed by atoms with Crippen LogP contribution in [-0.4, -0.2) is 16.5 Å². The van der Waals surface area contributed by atoms with Crippen molar-refractivity contribution in [2.75, 3.05) is 6.61 Å². The van der Waals surface area contributed by atoms with E-state index in [0.717, 1.165) is 0 Å². The second kappa shape index (κ2) is 7.73. The Morgan fingerprint density at radius 2 is 1.20 bits per heavy atom. The van der Waals surface area contributed by atoms with Gasteiger partial charge in [0.2, 0.25) is 0 Å². The van der Waals surface area contributed by atoms with E-state index in [2.05, 4.69) is 0 Å². The number of hydrogen-bond acceptors (Lipinski definition) is 8. The Balaban J connectivity index is 2.17. The lowest BCUT2D eigenvalue weighted by Gasteiger charge is -2.18. The molecule has 0 bridgehead atoms. The van der Waals surface area contributed by atoms with Gasteiger partial charge in [-0.1, -0.05) is 0 Å². The van der Waals surface area contributed by atoms with Gasteiger partial charge in [0, 0.05) is 24.3 Å². The van der Waals surface area contributed by atoms with Gasteiger partial charge in [0.05, 0.1) is 16.5 Å². The highest BCUT2D eigenvalue weighted by Gasteiger charge is 2.30. The van der Waals surface area contributed by atoms with E-state index in [0.29, 0.717) is 0 Å². The van der Waals surface area contributed by atoms with Crippen LogP contribution in [0.3, 0.4) is 0 Å². The van der Waals surface area contributed by atoms with Gasteiger partial charge in [-0.3, -0.25) is 24.8 Å². The summed E-state index contributed by atoms with van der Waals surface area (Å²) < 4.78 is 28.1. The number of rotatable bonds is 8. The average Bonchev–Trinajstić information content (AvgIpc) is 2.55. The van der Waals surface area contributed by atoms with Crippen molar-refractivity contribution in [2.24, 2.45) is 0 Å². The highest BCUT2D eigenvalue weighted by Crippen LogP contribution is 2.49. The van der Waals surface area contributed by atoms with E-state index in [4.69, 9.17) is 13.6 Å². The third-order valence-corrected chi connectivity index (χ3v) is 4.26. The molecule has 0 aliphatic heterocycles. The van der Waals surface area contributed by atoms with Crippen LogP contribution in [0, 0.1) is 20.2 Å². The number of nitrogens with zero attached hydrogens (tertiary/aromatic N) is 2. The molecule has 0 fully saturated rings. The molecule has 0 saturated heterocycles. The Bertz CT molecular complexity index is 743. The molecule has 0 aromatic heterocycles. The van der Waals surface area contributed by atoms with Crippen LogP contribution in [0.2, 0.25) is 0 Å². The Morgan fingerprint density at radius 1 is 0.840 bits per heavy atom. The van der Waals surface area contributed by atoms with Gasteiger partial charge in [0.15, 0.2) is 0 Å². The molecule has 0 N–H and O–H groups in total. The van der Waals surface area contributed by atoms with E-state index in [1.54, 1.807) is 6.92 Å². The van der Waals surface area contributed by atoms with Crippen molar-refractivity contribution in [3.63, 3.8) is 0 Å². The van der Waals surface area contributed by atoms with Gasteiger partial charge in [0.1, 0.15) is 11.5 Å². The van der Waals surface area contributed by atoms with Crippen molar-refractivity contribution in [3.8, 4) is 11.5 Å². The second-order valence-corrected chi connectivity index (χ2v) is 6.07. The molecule has 0 spiro atoms. The average molecular weight is 368 g/mol. The van der Waals surface area contributed by atoms with Crippen LogP contribution < -0.4 is 9.05 Å². The molecule has 0 amide bonds. The van der Waals surface area contributed by atoms with Crippen LogP contribution in [0.5, 0.6) is 11.5 Å². The fourth-order valence-corrected chi connectivity index (χ4v) is 2.96. The molecular formula is C14H13N2O8P. The number of phosphoric acid groups is 1. The zero-order chi connectivity index (χ0) is 18.4. The Kier molecular flexibility index (Phi) is 5.68. The quantitative estimate of drug-likeness (QED) is 0.386. The molecule has 11 heteroatoms. The smallest absolute Gasteiger partial charge is 0.395 e. The Labute approximate surface area is 141 Å². The van der Waals surface area contributed by atoms with Crippen LogP contribution in [0.15, 0.2) is 48.5 Å². The molecule has 0 heterocycles. The minimum Gasteiger partial charge on any atom is -0.395 e. The first-order valence-electron chi connectivity index (χ1n) is 6.95. The van der Waals surface area contributed by atoms with Gasteiger partial charge < -0.3 is 9.05 Å². The first-order valence-corrected chi connectivity index (χ1v) is 8.42. The largest absolute Gasteiger partial charge is 0.587 e. The zero-order valence-corrected chi connectivity index (χ0v) is 13.8. The molecule has 132 valence electrons. The summed E-state index contributed by atoms with van der Waals surface area (Å²) >= 11 is 0. The maximum atomic E-state index is 12.7. The molecule has 0 aliphatic rings. The zero-order valence-electron chi connectivity index (χ0n) is 12.9. The lowest BCUT2D eigenvalue weighted by Crippen LogP contribution is -2.05. The van der Waals surface area contributed by atoms with Gasteiger partial charge in [-0.05, 0) is 31.2 Å². The van der Waals surface area contributed by atoms with E-state index in [1.165, 1.54) is 48.5 Å². The molecule has 0 saturated carbocycles. The van der Waals surface area contributed by atoms with Crippen LogP contribution in [0.1, 0.15) is 6.92 Å².